The van der Waals surface area contributed by atoms with Crippen LogP contribution in [0.3, 0.4) is 0 Å². The number of rotatable bonds is 5. The van der Waals surface area contributed by atoms with Crippen LogP contribution in [0, 0.1) is 12.8 Å². The lowest BCUT2D eigenvalue weighted by Gasteiger charge is -2.03. The topological polar surface area (TPSA) is 37.8 Å². The monoisotopic (exact) mass is 275 g/mol. The molecule has 1 N–H and O–H groups in total. The van der Waals surface area contributed by atoms with E-state index in [0.29, 0.717) is 5.92 Å². The van der Waals surface area contributed by atoms with Gasteiger partial charge < -0.3 is 5.32 Å². The molecule has 0 aliphatic rings. The van der Waals surface area contributed by atoms with Gasteiger partial charge in [0.1, 0.15) is 5.01 Å². The number of nitrogens with one attached hydrogen (secondary N) is 1. The van der Waals surface area contributed by atoms with Gasteiger partial charge in [0.15, 0.2) is 0 Å². The summed E-state index contributed by atoms with van der Waals surface area (Å²) in [5, 5.41) is 4.26. The van der Waals surface area contributed by atoms with Gasteiger partial charge in [-0.2, -0.15) is 0 Å². The third-order valence-electron chi connectivity index (χ3n) is 2.82. The summed E-state index contributed by atoms with van der Waals surface area (Å²) in [4.78, 5) is 10.7. The van der Waals surface area contributed by atoms with Gasteiger partial charge in [-0.1, -0.05) is 19.9 Å². The van der Waals surface area contributed by atoms with Gasteiger partial charge in [-0.05, 0) is 38.4 Å². The SMILES string of the molecule is CNCc1sc(-c2cccc(C)n2)nc1CC(C)C. The van der Waals surface area contributed by atoms with E-state index in [4.69, 9.17) is 4.98 Å². The van der Waals surface area contributed by atoms with Gasteiger partial charge in [0.25, 0.3) is 0 Å². The van der Waals surface area contributed by atoms with E-state index in [9.17, 15) is 0 Å². The summed E-state index contributed by atoms with van der Waals surface area (Å²) in [5.74, 6) is 0.621. The van der Waals surface area contributed by atoms with Crippen molar-refractivity contribution < 1.29 is 0 Å². The molecule has 2 aromatic rings. The average molecular weight is 275 g/mol. The molecular formula is C15H21N3S. The van der Waals surface area contributed by atoms with E-state index >= 15 is 0 Å². The Balaban J connectivity index is 2.36. The highest BCUT2D eigenvalue weighted by Crippen LogP contribution is 2.28. The number of hydrogen-bond acceptors (Lipinski definition) is 4. The van der Waals surface area contributed by atoms with Crippen molar-refractivity contribution in [2.24, 2.45) is 5.92 Å². The molecule has 0 saturated heterocycles. The fraction of sp³-hybridized carbons (Fsp3) is 0.467. The Kier molecular flexibility index (Phi) is 4.66. The van der Waals surface area contributed by atoms with Crippen molar-refractivity contribution in [3.63, 3.8) is 0 Å². The Morgan fingerprint density at radius 2 is 2.05 bits per heavy atom. The number of pyridine rings is 1. The molecule has 0 aliphatic carbocycles. The summed E-state index contributed by atoms with van der Waals surface area (Å²) in [5.41, 5.74) is 3.23. The van der Waals surface area contributed by atoms with Crippen molar-refractivity contribution >= 4 is 11.3 Å². The van der Waals surface area contributed by atoms with Crippen molar-refractivity contribution in [3.8, 4) is 10.7 Å². The number of hydrogen-bond donors (Lipinski definition) is 1. The predicted octanol–water partition coefficient (Wildman–Crippen LogP) is 3.43. The van der Waals surface area contributed by atoms with Crippen LogP contribution >= 0.6 is 11.3 Å². The zero-order valence-electron chi connectivity index (χ0n) is 12.0. The molecule has 0 spiro atoms. The van der Waals surface area contributed by atoms with Gasteiger partial charge in [0, 0.05) is 17.1 Å². The zero-order chi connectivity index (χ0) is 13.8. The van der Waals surface area contributed by atoms with Crippen LogP contribution in [0.1, 0.15) is 30.1 Å². The van der Waals surface area contributed by atoms with Gasteiger partial charge in [-0.15, -0.1) is 11.3 Å². The van der Waals surface area contributed by atoms with E-state index < -0.39 is 0 Å². The van der Waals surface area contributed by atoms with Crippen LogP contribution in [0.25, 0.3) is 10.7 Å². The quantitative estimate of drug-likeness (QED) is 0.908. The average Bonchev–Trinajstić information content (AvgIpc) is 2.72. The van der Waals surface area contributed by atoms with Gasteiger partial charge in [-0.3, -0.25) is 4.98 Å². The summed E-state index contributed by atoms with van der Waals surface area (Å²) < 4.78 is 0. The Bertz CT molecular complexity index is 546. The first-order valence-electron chi connectivity index (χ1n) is 6.67. The first kappa shape index (κ1) is 14.2. The summed E-state index contributed by atoms with van der Waals surface area (Å²) >= 11 is 1.75. The summed E-state index contributed by atoms with van der Waals surface area (Å²) in [6, 6.07) is 6.09. The molecule has 2 aromatic heterocycles. The molecule has 0 bridgehead atoms. The summed E-state index contributed by atoms with van der Waals surface area (Å²) in [6.07, 6.45) is 1.03. The Morgan fingerprint density at radius 3 is 2.68 bits per heavy atom. The van der Waals surface area contributed by atoms with Crippen LogP contribution in [0.2, 0.25) is 0 Å². The molecule has 0 atom stereocenters. The molecule has 0 aliphatic heterocycles. The first-order valence-corrected chi connectivity index (χ1v) is 7.49. The van der Waals surface area contributed by atoms with Crippen molar-refractivity contribution in [1.29, 1.82) is 0 Å². The maximum atomic E-state index is 4.80. The van der Waals surface area contributed by atoms with Gasteiger partial charge in [-0.25, -0.2) is 4.98 Å². The van der Waals surface area contributed by atoms with Crippen LogP contribution in [-0.2, 0) is 13.0 Å². The van der Waals surface area contributed by atoms with Crippen molar-refractivity contribution in [2.45, 2.75) is 33.7 Å². The number of aryl methyl sites for hydroxylation is 1. The largest absolute Gasteiger partial charge is 0.315 e. The fourth-order valence-corrected chi connectivity index (χ4v) is 3.07. The standard InChI is InChI=1S/C15H21N3S/c1-10(2)8-13-14(9-16-4)19-15(18-13)12-7-5-6-11(3)17-12/h5-7,10,16H,8-9H2,1-4H3. The number of aromatic nitrogens is 2. The Hall–Kier alpha value is -1.26. The minimum Gasteiger partial charge on any atom is -0.315 e. The van der Waals surface area contributed by atoms with Crippen LogP contribution < -0.4 is 5.32 Å². The summed E-state index contributed by atoms with van der Waals surface area (Å²) in [7, 11) is 1.98. The van der Waals surface area contributed by atoms with E-state index in [1.165, 1.54) is 10.6 Å². The highest BCUT2D eigenvalue weighted by Gasteiger charge is 2.14. The van der Waals surface area contributed by atoms with E-state index in [2.05, 4.69) is 24.1 Å². The smallest absolute Gasteiger partial charge is 0.142 e. The van der Waals surface area contributed by atoms with Crippen LogP contribution in [0.5, 0.6) is 0 Å². The lowest BCUT2D eigenvalue weighted by Crippen LogP contribution is -2.07. The Morgan fingerprint density at radius 1 is 1.26 bits per heavy atom. The predicted molar refractivity (Wildman–Crippen MR) is 81.4 cm³/mol. The molecule has 0 amide bonds. The highest BCUT2D eigenvalue weighted by molar-refractivity contribution is 7.15. The Labute approximate surface area is 119 Å². The van der Waals surface area contributed by atoms with Crippen LogP contribution in [0.15, 0.2) is 18.2 Å². The maximum Gasteiger partial charge on any atom is 0.142 e. The molecule has 4 heteroatoms. The number of thiazole rings is 1. The molecule has 2 rings (SSSR count). The molecule has 0 saturated carbocycles. The van der Waals surface area contributed by atoms with Crippen molar-refractivity contribution in [1.82, 2.24) is 15.3 Å². The fourth-order valence-electron chi connectivity index (χ4n) is 2.00. The second-order valence-electron chi connectivity index (χ2n) is 5.18. The molecule has 0 unspecified atom stereocenters. The minimum atomic E-state index is 0.621. The molecular weight excluding hydrogens is 254 g/mol. The van der Waals surface area contributed by atoms with Crippen LogP contribution in [0.4, 0.5) is 0 Å². The van der Waals surface area contributed by atoms with Gasteiger partial charge in [0.2, 0.25) is 0 Å². The molecule has 0 fully saturated rings. The molecule has 0 radical (unpaired) electrons. The first-order chi connectivity index (χ1) is 9.10. The second kappa shape index (κ2) is 6.26. The van der Waals surface area contributed by atoms with Gasteiger partial charge in [0.05, 0.1) is 11.4 Å². The van der Waals surface area contributed by atoms with E-state index in [-0.39, 0.29) is 0 Å². The van der Waals surface area contributed by atoms with E-state index in [1.807, 2.05) is 32.2 Å². The van der Waals surface area contributed by atoms with Crippen LogP contribution in [-0.4, -0.2) is 17.0 Å². The molecule has 19 heavy (non-hydrogen) atoms. The molecule has 2 heterocycles. The van der Waals surface area contributed by atoms with E-state index in [1.54, 1.807) is 11.3 Å². The maximum absolute atomic E-state index is 4.80. The van der Waals surface area contributed by atoms with Crippen molar-refractivity contribution in [2.75, 3.05) is 7.05 Å². The van der Waals surface area contributed by atoms with Crippen molar-refractivity contribution in [3.05, 3.63) is 34.5 Å². The third-order valence-corrected chi connectivity index (χ3v) is 3.94. The molecule has 3 nitrogen and oxygen atoms in total. The third kappa shape index (κ3) is 3.61. The molecule has 0 aromatic carbocycles. The van der Waals surface area contributed by atoms with E-state index in [0.717, 1.165) is 29.4 Å². The van der Waals surface area contributed by atoms with Gasteiger partial charge >= 0.3 is 0 Å². The summed E-state index contributed by atoms with van der Waals surface area (Å²) in [6.45, 7) is 7.35. The highest BCUT2D eigenvalue weighted by atomic mass is 32.1. The minimum absolute atomic E-state index is 0.621. The molecule has 102 valence electrons. The number of nitrogens with zero attached hydrogens (tertiary/aromatic N) is 2. The normalized spacial score (nSPS) is 11.2. The lowest BCUT2D eigenvalue weighted by molar-refractivity contribution is 0.631. The lowest BCUT2D eigenvalue weighted by atomic mass is 10.1. The zero-order valence-corrected chi connectivity index (χ0v) is 12.8. The second-order valence-corrected chi connectivity index (χ2v) is 6.27.